The number of ether oxygens (including phenoxy) is 1. The van der Waals surface area contributed by atoms with Crippen molar-refractivity contribution in [1.82, 2.24) is 4.90 Å². The molecule has 0 bridgehead atoms. The molecule has 1 aromatic carbocycles. The van der Waals surface area contributed by atoms with E-state index in [0.29, 0.717) is 13.1 Å². The van der Waals surface area contributed by atoms with Gasteiger partial charge in [0.25, 0.3) is 0 Å². The van der Waals surface area contributed by atoms with E-state index in [4.69, 9.17) is 10.5 Å². The van der Waals surface area contributed by atoms with Crippen LogP contribution in [0.4, 0.5) is 5.69 Å². The Morgan fingerprint density at radius 3 is 2.52 bits per heavy atom. The van der Waals surface area contributed by atoms with E-state index in [-0.39, 0.29) is 29.3 Å². The van der Waals surface area contributed by atoms with Crippen LogP contribution in [-0.4, -0.2) is 37.1 Å². The fourth-order valence-corrected chi connectivity index (χ4v) is 2.14. The fraction of sp³-hybridized carbons (Fsp3) is 0.571. The van der Waals surface area contributed by atoms with Crippen molar-refractivity contribution in [3.63, 3.8) is 0 Å². The van der Waals surface area contributed by atoms with Crippen LogP contribution in [0.3, 0.4) is 0 Å². The maximum absolute atomic E-state index is 11.0. The van der Waals surface area contributed by atoms with Crippen molar-refractivity contribution in [2.24, 2.45) is 11.1 Å². The summed E-state index contributed by atoms with van der Waals surface area (Å²) in [4.78, 5) is 12.7. The van der Waals surface area contributed by atoms with Crippen molar-refractivity contribution < 1.29 is 9.66 Å². The number of halogens is 1. The molecule has 0 heterocycles. The third-order valence-electron chi connectivity index (χ3n) is 3.14. The molecule has 0 saturated carbocycles. The van der Waals surface area contributed by atoms with E-state index in [2.05, 4.69) is 18.7 Å². The molecule has 0 aromatic heterocycles. The van der Waals surface area contributed by atoms with Crippen LogP contribution in [0.1, 0.15) is 19.4 Å². The molecule has 0 atom stereocenters. The molecular weight excluding hydrogens is 294 g/mol. The molecule has 0 aliphatic heterocycles. The lowest BCUT2D eigenvalue weighted by molar-refractivity contribution is -0.385. The molecule has 0 radical (unpaired) electrons. The van der Waals surface area contributed by atoms with Crippen molar-refractivity contribution in [3.05, 3.63) is 33.9 Å². The number of hydrogen-bond acceptors (Lipinski definition) is 5. The third kappa shape index (κ3) is 5.87. The quantitative estimate of drug-likeness (QED) is 0.617. The first kappa shape index (κ1) is 19.6. The molecule has 0 spiro atoms. The van der Waals surface area contributed by atoms with Gasteiger partial charge in [-0.1, -0.05) is 19.9 Å². The van der Waals surface area contributed by atoms with Gasteiger partial charge in [0.05, 0.1) is 12.0 Å². The van der Waals surface area contributed by atoms with Crippen LogP contribution in [-0.2, 0) is 6.54 Å². The molecule has 0 amide bonds. The van der Waals surface area contributed by atoms with Crippen molar-refractivity contribution >= 4 is 18.1 Å². The second kappa shape index (κ2) is 8.17. The number of nitrogens with two attached hydrogens (primary N) is 1. The van der Waals surface area contributed by atoms with E-state index in [0.717, 1.165) is 12.1 Å². The first-order valence-corrected chi connectivity index (χ1v) is 6.49. The fourth-order valence-electron chi connectivity index (χ4n) is 2.14. The molecule has 0 saturated heterocycles. The summed E-state index contributed by atoms with van der Waals surface area (Å²) in [6.45, 7) is 6.25. The van der Waals surface area contributed by atoms with Crippen molar-refractivity contribution in [1.29, 1.82) is 0 Å². The SMILES string of the molecule is COc1ccc(CN(C)CC(C)(C)CN)cc1[N+](=O)[O-].Cl. The number of nitro benzene ring substituents is 1. The van der Waals surface area contributed by atoms with Gasteiger partial charge in [-0.2, -0.15) is 0 Å². The van der Waals surface area contributed by atoms with E-state index in [1.54, 1.807) is 12.1 Å². The first-order chi connectivity index (χ1) is 9.29. The van der Waals surface area contributed by atoms with Crippen LogP contribution in [0.25, 0.3) is 0 Å². The van der Waals surface area contributed by atoms with Gasteiger partial charge in [0.15, 0.2) is 5.75 Å². The van der Waals surface area contributed by atoms with Crippen LogP contribution in [0.2, 0.25) is 0 Å². The van der Waals surface area contributed by atoms with Gasteiger partial charge >= 0.3 is 5.69 Å². The predicted octanol–water partition coefficient (Wildman–Crippen LogP) is 2.44. The molecule has 0 aliphatic rings. The van der Waals surface area contributed by atoms with E-state index < -0.39 is 4.92 Å². The lowest BCUT2D eigenvalue weighted by atomic mass is 9.93. The number of rotatable bonds is 7. The van der Waals surface area contributed by atoms with E-state index >= 15 is 0 Å². The van der Waals surface area contributed by atoms with Gasteiger partial charge in [0, 0.05) is 19.2 Å². The van der Waals surface area contributed by atoms with Gasteiger partial charge in [0.2, 0.25) is 0 Å². The molecule has 120 valence electrons. The van der Waals surface area contributed by atoms with Crippen molar-refractivity contribution in [3.8, 4) is 5.75 Å². The molecule has 6 nitrogen and oxygen atoms in total. The van der Waals surface area contributed by atoms with Crippen LogP contribution in [0, 0.1) is 15.5 Å². The average molecular weight is 318 g/mol. The number of benzene rings is 1. The second-order valence-electron chi connectivity index (χ2n) is 5.80. The van der Waals surface area contributed by atoms with E-state index in [1.165, 1.54) is 7.11 Å². The smallest absolute Gasteiger partial charge is 0.311 e. The van der Waals surface area contributed by atoms with Crippen LogP contribution in [0.5, 0.6) is 5.75 Å². The van der Waals surface area contributed by atoms with Gasteiger partial charge in [-0.15, -0.1) is 12.4 Å². The number of hydrogen-bond donors (Lipinski definition) is 1. The highest BCUT2D eigenvalue weighted by atomic mass is 35.5. The molecule has 1 rings (SSSR count). The Morgan fingerprint density at radius 2 is 2.05 bits per heavy atom. The first-order valence-electron chi connectivity index (χ1n) is 6.49. The summed E-state index contributed by atoms with van der Waals surface area (Å²) in [7, 11) is 3.41. The Labute approximate surface area is 131 Å². The Balaban J connectivity index is 0.00000400. The summed E-state index contributed by atoms with van der Waals surface area (Å²) < 4.78 is 4.99. The minimum Gasteiger partial charge on any atom is -0.490 e. The number of nitrogens with zero attached hydrogens (tertiary/aromatic N) is 2. The molecule has 0 unspecified atom stereocenters. The lowest BCUT2D eigenvalue weighted by Gasteiger charge is -2.29. The number of methoxy groups -OCH3 is 1. The lowest BCUT2D eigenvalue weighted by Crippen LogP contribution is -2.36. The zero-order chi connectivity index (χ0) is 15.3. The molecular formula is C14H24ClN3O3. The van der Waals surface area contributed by atoms with Gasteiger partial charge in [-0.25, -0.2) is 0 Å². The highest BCUT2D eigenvalue weighted by Gasteiger charge is 2.20. The molecule has 21 heavy (non-hydrogen) atoms. The van der Waals surface area contributed by atoms with Crippen molar-refractivity contribution in [2.75, 3.05) is 27.2 Å². The maximum Gasteiger partial charge on any atom is 0.311 e. The molecule has 0 fully saturated rings. The molecule has 2 N–H and O–H groups in total. The Kier molecular flexibility index (Phi) is 7.63. The molecule has 7 heteroatoms. The van der Waals surface area contributed by atoms with Gasteiger partial charge in [0.1, 0.15) is 0 Å². The van der Waals surface area contributed by atoms with Crippen LogP contribution >= 0.6 is 12.4 Å². The number of nitro groups is 1. The van der Waals surface area contributed by atoms with Gasteiger partial charge in [-0.05, 0) is 30.6 Å². The van der Waals surface area contributed by atoms with Gasteiger partial charge in [-0.3, -0.25) is 10.1 Å². The summed E-state index contributed by atoms with van der Waals surface area (Å²) in [5.41, 5.74) is 6.62. The predicted molar refractivity (Wildman–Crippen MR) is 86.1 cm³/mol. The zero-order valence-corrected chi connectivity index (χ0v) is 13.8. The largest absolute Gasteiger partial charge is 0.490 e. The molecule has 0 aliphatic carbocycles. The summed E-state index contributed by atoms with van der Waals surface area (Å²) in [6.07, 6.45) is 0. The standard InChI is InChI=1S/C14H23N3O3.ClH/c1-14(2,9-15)10-16(3)8-11-5-6-13(20-4)12(7-11)17(18)19;/h5-7H,8-10,15H2,1-4H3;1H. The van der Waals surface area contributed by atoms with Crippen molar-refractivity contribution in [2.45, 2.75) is 20.4 Å². The van der Waals surface area contributed by atoms with Crippen LogP contribution < -0.4 is 10.5 Å². The Bertz CT molecular complexity index is 481. The minimum atomic E-state index is -0.424. The van der Waals surface area contributed by atoms with E-state index in [9.17, 15) is 10.1 Å². The average Bonchev–Trinajstić information content (AvgIpc) is 2.37. The Hall–Kier alpha value is -1.37. The third-order valence-corrected chi connectivity index (χ3v) is 3.14. The zero-order valence-electron chi connectivity index (χ0n) is 13.0. The van der Waals surface area contributed by atoms with Crippen LogP contribution in [0.15, 0.2) is 18.2 Å². The normalized spacial score (nSPS) is 11.1. The highest BCUT2D eigenvalue weighted by Crippen LogP contribution is 2.28. The maximum atomic E-state index is 11.0. The highest BCUT2D eigenvalue weighted by molar-refractivity contribution is 5.85. The summed E-state index contributed by atoms with van der Waals surface area (Å²) >= 11 is 0. The Morgan fingerprint density at radius 1 is 1.43 bits per heavy atom. The summed E-state index contributed by atoms with van der Waals surface area (Å²) in [5, 5.41) is 11.0. The summed E-state index contributed by atoms with van der Waals surface area (Å²) in [6, 6.07) is 5.04. The monoisotopic (exact) mass is 317 g/mol. The van der Waals surface area contributed by atoms with Gasteiger partial charge < -0.3 is 15.4 Å². The molecule has 1 aromatic rings. The summed E-state index contributed by atoms with van der Waals surface area (Å²) in [5.74, 6) is 0.281. The topological polar surface area (TPSA) is 81.6 Å². The van der Waals surface area contributed by atoms with E-state index in [1.807, 2.05) is 13.1 Å². The second-order valence-corrected chi connectivity index (χ2v) is 5.80. The minimum absolute atomic E-state index is 0.